The summed E-state index contributed by atoms with van der Waals surface area (Å²) in [6, 6.07) is 17.0. The lowest BCUT2D eigenvalue weighted by Crippen LogP contribution is -2.48. The number of carbonyl (C=O) groups is 2. The molecule has 0 bridgehead atoms. The minimum Gasteiger partial charge on any atom is -0.427 e. The minimum absolute atomic E-state index is 0.0175. The quantitative estimate of drug-likeness (QED) is 0.604. The Morgan fingerprint density at radius 2 is 1.63 bits per heavy atom. The first kappa shape index (κ1) is 18.9. The molecule has 2 aromatic rings. The molecule has 5 nitrogen and oxygen atoms in total. The van der Waals surface area contributed by atoms with Crippen molar-refractivity contribution in [3.63, 3.8) is 0 Å². The van der Waals surface area contributed by atoms with Gasteiger partial charge in [-0.25, -0.2) is 0 Å². The van der Waals surface area contributed by atoms with E-state index >= 15 is 0 Å². The fourth-order valence-electron chi connectivity index (χ4n) is 3.05. The molecule has 0 radical (unpaired) electrons. The van der Waals surface area contributed by atoms with E-state index < -0.39 is 0 Å². The summed E-state index contributed by atoms with van der Waals surface area (Å²) in [7, 11) is 0. The molecule has 1 aliphatic heterocycles. The van der Waals surface area contributed by atoms with E-state index in [1.54, 1.807) is 24.3 Å². The molecule has 1 amide bonds. The van der Waals surface area contributed by atoms with E-state index in [-0.39, 0.29) is 11.9 Å². The van der Waals surface area contributed by atoms with Crippen molar-refractivity contribution >= 4 is 18.0 Å². The van der Waals surface area contributed by atoms with Crippen LogP contribution in [0.3, 0.4) is 0 Å². The number of rotatable bonds is 5. The lowest BCUT2D eigenvalue weighted by Gasteiger charge is -2.34. The smallest absolute Gasteiger partial charge is 0.308 e. The van der Waals surface area contributed by atoms with E-state index in [1.165, 1.54) is 12.5 Å². The molecule has 0 spiro atoms. The fraction of sp³-hybridized carbons (Fsp3) is 0.273. The van der Waals surface area contributed by atoms with Gasteiger partial charge in [-0.2, -0.15) is 0 Å². The summed E-state index contributed by atoms with van der Waals surface area (Å²) >= 11 is 0. The van der Waals surface area contributed by atoms with Crippen LogP contribution in [-0.2, 0) is 4.79 Å². The standard InChI is InChI=1S/C22H24N2O3/c1-18(25)27-21-11-9-20(10-12-21)22(26)24-16-14-23(15-17-24)13-5-8-19-6-3-2-4-7-19/h2-12H,13-17H2,1H3/b8-5-. The summed E-state index contributed by atoms with van der Waals surface area (Å²) in [6.45, 7) is 5.38. The highest BCUT2D eigenvalue weighted by Gasteiger charge is 2.21. The van der Waals surface area contributed by atoms with Crippen LogP contribution >= 0.6 is 0 Å². The van der Waals surface area contributed by atoms with Crippen LogP contribution in [0.5, 0.6) is 5.75 Å². The van der Waals surface area contributed by atoms with Crippen LogP contribution in [0, 0.1) is 0 Å². The SMILES string of the molecule is CC(=O)Oc1ccc(C(=O)N2CCN(C/C=C\c3ccccc3)CC2)cc1. The van der Waals surface area contributed by atoms with E-state index in [9.17, 15) is 9.59 Å². The number of amides is 1. The molecule has 0 unspecified atom stereocenters. The number of hydrogen-bond acceptors (Lipinski definition) is 4. The predicted octanol–water partition coefficient (Wildman–Crippen LogP) is 3.08. The maximum absolute atomic E-state index is 12.6. The van der Waals surface area contributed by atoms with Gasteiger partial charge in [0.15, 0.2) is 0 Å². The summed E-state index contributed by atoms with van der Waals surface area (Å²) < 4.78 is 5.00. The number of esters is 1. The molecule has 1 heterocycles. The maximum Gasteiger partial charge on any atom is 0.308 e. The topological polar surface area (TPSA) is 49.9 Å². The van der Waals surface area contributed by atoms with Gasteiger partial charge in [0.25, 0.3) is 5.91 Å². The van der Waals surface area contributed by atoms with Crippen LogP contribution < -0.4 is 4.74 Å². The van der Waals surface area contributed by atoms with Gasteiger partial charge >= 0.3 is 5.97 Å². The number of hydrogen-bond donors (Lipinski definition) is 0. The molecule has 5 heteroatoms. The van der Waals surface area contributed by atoms with Crippen molar-refractivity contribution in [1.29, 1.82) is 0 Å². The van der Waals surface area contributed by atoms with E-state index in [0.717, 1.165) is 19.6 Å². The average molecular weight is 364 g/mol. The van der Waals surface area contributed by atoms with Gasteiger partial charge in [0.2, 0.25) is 0 Å². The molecular weight excluding hydrogens is 340 g/mol. The molecule has 0 aromatic heterocycles. The van der Waals surface area contributed by atoms with Gasteiger partial charge < -0.3 is 9.64 Å². The molecule has 140 valence electrons. The van der Waals surface area contributed by atoms with Gasteiger partial charge in [-0.05, 0) is 29.8 Å². The Morgan fingerprint density at radius 1 is 0.963 bits per heavy atom. The highest BCUT2D eigenvalue weighted by molar-refractivity contribution is 5.94. The van der Waals surface area contributed by atoms with Crippen molar-refractivity contribution in [1.82, 2.24) is 9.80 Å². The van der Waals surface area contributed by atoms with Gasteiger partial charge in [0.05, 0.1) is 0 Å². The molecule has 27 heavy (non-hydrogen) atoms. The van der Waals surface area contributed by atoms with E-state index in [2.05, 4.69) is 29.2 Å². The number of ether oxygens (including phenoxy) is 1. The molecule has 3 rings (SSSR count). The largest absolute Gasteiger partial charge is 0.427 e. The Kier molecular flexibility index (Phi) is 6.39. The van der Waals surface area contributed by atoms with E-state index in [0.29, 0.717) is 24.4 Å². The van der Waals surface area contributed by atoms with Gasteiger partial charge in [-0.1, -0.05) is 42.5 Å². The zero-order valence-corrected chi connectivity index (χ0v) is 15.5. The Balaban J connectivity index is 1.47. The molecule has 0 aliphatic carbocycles. The highest BCUT2D eigenvalue weighted by atomic mass is 16.5. The van der Waals surface area contributed by atoms with Crippen LogP contribution in [-0.4, -0.2) is 54.4 Å². The second kappa shape index (κ2) is 9.14. The molecule has 0 N–H and O–H groups in total. The normalized spacial score (nSPS) is 15.1. The van der Waals surface area contributed by atoms with Crippen molar-refractivity contribution < 1.29 is 14.3 Å². The second-order valence-corrected chi connectivity index (χ2v) is 6.52. The average Bonchev–Trinajstić information content (AvgIpc) is 2.69. The van der Waals surface area contributed by atoms with E-state index in [4.69, 9.17) is 4.74 Å². The van der Waals surface area contributed by atoms with Crippen LogP contribution in [0.15, 0.2) is 60.7 Å². The third-order valence-electron chi connectivity index (χ3n) is 4.50. The first-order chi connectivity index (χ1) is 13.1. The molecule has 2 aromatic carbocycles. The van der Waals surface area contributed by atoms with Crippen molar-refractivity contribution in [3.05, 3.63) is 71.8 Å². The molecule has 0 saturated carbocycles. The molecule has 1 saturated heterocycles. The van der Waals surface area contributed by atoms with Crippen LogP contribution in [0.4, 0.5) is 0 Å². The first-order valence-corrected chi connectivity index (χ1v) is 9.13. The molecule has 1 aliphatic rings. The minimum atomic E-state index is -0.369. The van der Waals surface area contributed by atoms with Crippen LogP contribution in [0.1, 0.15) is 22.8 Å². The maximum atomic E-state index is 12.6. The second-order valence-electron chi connectivity index (χ2n) is 6.52. The van der Waals surface area contributed by atoms with Gasteiger partial charge in [0, 0.05) is 45.2 Å². The zero-order chi connectivity index (χ0) is 19.1. The van der Waals surface area contributed by atoms with Gasteiger partial charge in [-0.3, -0.25) is 14.5 Å². The summed E-state index contributed by atoms with van der Waals surface area (Å²) in [4.78, 5) is 27.8. The number of carbonyl (C=O) groups excluding carboxylic acids is 2. The van der Waals surface area contributed by atoms with E-state index in [1.807, 2.05) is 23.1 Å². The van der Waals surface area contributed by atoms with Crippen molar-refractivity contribution in [3.8, 4) is 5.75 Å². The Bertz CT molecular complexity index is 792. The number of piperazine rings is 1. The fourth-order valence-corrected chi connectivity index (χ4v) is 3.05. The summed E-state index contributed by atoms with van der Waals surface area (Å²) in [5, 5.41) is 0. The predicted molar refractivity (Wildman–Crippen MR) is 106 cm³/mol. The lowest BCUT2D eigenvalue weighted by atomic mass is 10.1. The summed E-state index contributed by atoms with van der Waals surface area (Å²) in [5.74, 6) is 0.101. The van der Waals surface area contributed by atoms with Crippen molar-refractivity contribution in [2.75, 3.05) is 32.7 Å². The van der Waals surface area contributed by atoms with Crippen molar-refractivity contribution in [2.24, 2.45) is 0 Å². The molecule has 1 fully saturated rings. The Hall–Kier alpha value is -2.92. The Morgan fingerprint density at radius 3 is 2.26 bits per heavy atom. The third kappa shape index (κ3) is 5.53. The van der Waals surface area contributed by atoms with Crippen molar-refractivity contribution in [2.45, 2.75) is 6.92 Å². The monoisotopic (exact) mass is 364 g/mol. The van der Waals surface area contributed by atoms with Crippen LogP contribution in [0.2, 0.25) is 0 Å². The van der Waals surface area contributed by atoms with Gasteiger partial charge in [0.1, 0.15) is 5.75 Å². The summed E-state index contributed by atoms with van der Waals surface area (Å²) in [6.07, 6.45) is 4.29. The molecular formula is C22H24N2O3. The zero-order valence-electron chi connectivity index (χ0n) is 15.5. The first-order valence-electron chi connectivity index (χ1n) is 9.13. The van der Waals surface area contributed by atoms with Gasteiger partial charge in [-0.15, -0.1) is 0 Å². The lowest BCUT2D eigenvalue weighted by molar-refractivity contribution is -0.131. The Labute approximate surface area is 159 Å². The number of benzene rings is 2. The number of nitrogens with zero attached hydrogens (tertiary/aromatic N) is 2. The highest BCUT2D eigenvalue weighted by Crippen LogP contribution is 2.15. The third-order valence-corrected chi connectivity index (χ3v) is 4.50. The summed E-state index contributed by atoms with van der Waals surface area (Å²) in [5.41, 5.74) is 1.81. The molecule has 0 atom stereocenters. The van der Waals surface area contributed by atoms with Crippen LogP contribution in [0.25, 0.3) is 6.08 Å².